The standard InChI is InChI=1S/C13H24N2O3/c1-13(2,3)18-11(16)9-15-8-6-7-10(15)12(17)14(4)5/h10H,6-9H2,1-5H3. The Balaban J connectivity index is 2.55. The fourth-order valence-corrected chi connectivity index (χ4v) is 2.13. The molecule has 0 saturated carbocycles. The van der Waals surface area contributed by atoms with Crippen LogP contribution in [0.3, 0.4) is 0 Å². The molecule has 5 heteroatoms. The zero-order chi connectivity index (χ0) is 13.9. The number of amides is 1. The molecule has 1 heterocycles. The summed E-state index contributed by atoms with van der Waals surface area (Å²) in [7, 11) is 3.48. The monoisotopic (exact) mass is 256 g/mol. The van der Waals surface area contributed by atoms with Crippen LogP contribution < -0.4 is 0 Å². The first-order valence-electron chi connectivity index (χ1n) is 6.38. The molecule has 0 N–H and O–H groups in total. The highest BCUT2D eigenvalue weighted by Crippen LogP contribution is 2.19. The molecule has 1 amide bonds. The van der Waals surface area contributed by atoms with Gasteiger partial charge in [-0.05, 0) is 40.2 Å². The van der Waals surface area contributed by atoms with E-state index in [0.717, 1.165) is 19.4 Å². The van der Waals surface area contributed by atoms with E-state index in [1.807, 2.05) is 25.7 Å². The minimum atomic E-state index is -0.474. The topological polar surface area (TPSA) is 49.9 Å². The summed E-state index contributed by atoms with van der Waals surface area (Å²) in [6, 6.07) is -0.174. The van der Waals surface area contributed by atoms with E-state index >= 15 is 0 Å². The summed E-state index contributed by atoms with van der Waals surface area (Å²) in [4.78, 5) is 27.2. The van der Waals surface area contributed by atoms with Crippen LogP contribution in [-0.2, 0) is 14.3 Å². The first-order chi connectivity index (χ1) is 8.20. The SMILES string of the molecule is CN(C)C(=O)C1CCCN1CC(=O)OC(C)(C)C. The molecule has 1 saturated heterocycles. The zero-order valence-corrected chi connectivity index (χ0v) is 12.0. The molecule has 104 valence electrons. The van der Waals surface area contributed by atoms with Crippen molar-refractivity contribution in [1.29, 1.82) is 0 Å². The van der Waals surface area contributed by atoms with Crippen LogP contribution in [0.15, 0.2) is 0 Å². The highest BCUT2D eigenvalue weighted by Gasteiger charge is 2.33. The Morgan fingerprint density at radius 1 is 1.33 bits per heavy atom. The van der Waals surface area contributed by atoms with Crippen LogP contribution in [0.5, 0.6) is 0 Å². The van der Waals surface area contributed by atoms with Gasteiger partial charge in [0.1, 0.15) is 5.60 Å². The molecule has 0 aliphatic carbocycles. The molecule has 0 aromatic rings. The number of hydrogen-bond acceptors (Lipinski definition) is 4. The second-order valence-corrected chi connectivity index (χ2v) is 5.95. The van der Waals surface area contributed by atoms with Crippen molar-refractivity contribution in [3.8, 4) is 0 Å². The maximum atomic E-state index is 12.0. The third kappa shape index (κ3) is 4.29. The van der Waals surface area contributed by atoms with Crippen molar-refractivity contribution < 1.29 is 14.3 Å². The van der Waals surface area contributed by atoms with Gasteiger partial charge in [0.25, 0.3) is 0 Å². The van der Waals surface area contributed by atoms with Crippen LogP contribution in [0.4, 0.5) is 0 Å². The van der Waals surface area contributed by atoms with Crippen LogP contribution in [0.2, 0.25) is 0 Å². The summed E-state index contributed by atoms with van der Waals surface area (Å²) >= 11 is 0. The normalized spacial score (nSPS) is 20.8. The molecule has 0 aromatic heterocycles. The lowest BCUT2D eigenvalue weighted by molar-refractivity contribution is -0.156. The van der Waals surface area contributed by atoms with Gasteiger partial charge in [-0.1, -0.05) is 0 Å². The number of esters is 1. The smallest absolute Gasteiger partial charge is 0.320 e. The van der Waals surface area contributed by atoms with Crippen molar-refractivity contribution in [1.82, 2.24) is 9.80 Å². The first-order valence-corrected chi connectivity index (χ1v) is 6.38. The number of ether oxygens (including phenoxy) is 1. The van der Waals surface area contributed by atoms with Crippen LogP contribution in [0.25, 0.3) is 0 Å². The van der Waals surface area contributed by atoms with E-state index in [1.165, 1.54) is 0 Å². The van der Waals surface area contributed by atoms with Gasteiger partial charge in [0.2, 0.25) is 5.91 Å². The van der Waals surface area contributed by atoms with Crippen molar-refractivity contribution >= 4 is 11.9 Å². The average molecular weight is 256 g/mol. The molecule has 0 bridgehead atoms. The van der Waals surface area contributed by atoms with E-state index in [4.69, 9.17) is 4.74 Å². The Bertz CT molecular complexity index is 321. The molecular weight excluding hydrogens is 232 g/mol. The van der Waals surface area contributed by atoms with E-state index in [0.29, 0.717) is 0 Å². The zero-order valence-electron chi connectivity index (χ0n) is 12.0. The van der Waals surface area contributed by atoms with Crippen molar-refractivity contribution in [3.63, 3.8) is 0 Å². The van der Waals surface area contributed by atoms with Crippen molar-refractivity contribution in [2.45, 2.75) is 45.3 Å². The molecule has 1 fully saturated rings. The Kier molecular flexibility index (Phi) is 4.73. The lowest BCUT2D eigenvalue weighted by atomic mass is 10.2. The van der Waals surface area contributed by atoms with Gasteiger partial charge < -0.3 is 9.64 Å². The summed E-state index contributed by atoms with van der Waals surface area (Å²) in [5.74, 6) is -0.197. The van der Waals surface area contributed by atoms with E-state index in [1.54, 1.807) is 19.0 Å². The van der Waals surface area contributed by atoms with Crippen LogP contribution >= 0.6 is 0 Å². The maximum absolute atomic E-state index is 12.0. The fraction of sp³-hybridized carbons (Fsp3) is 0.846. The van der Waals surface area contributed by atoms with Gasteiger partial charge >= 0.3 is 5.97 Å². The number of carbonyl (C=O) groups is 2. The molecule has 0 spiro atoms. The molecule has 1 aliphatic rings. The van der Waals surface area contributed by atoms with Gasteiger partial charge in [-0.3, -0.25) is 14.5 Å². The molecule has 1 aliphatic heterocycles. The maximum Gasteiger partial charge on any atom is 0.320 e. The highest BCUT2D eigenvalue weighted by molar-refractivity contribution is 5.82. The number of likely N-dealkylation sites (N-methyl/N-ethyl adjacent to an activating group) is 1. The molecule has 18 heavy (non-hydrogen) atoms. The predicted octanol–water partition coefficient (Wildman–Crippen LogP) is 0.881. The Morgan fingerprint density at radius 2 is 1.94 bits per heavy atom. The van der Waals surface area contributed by atoms with E-state index in [2.05, 4.69) is 0 Å². The Hall–Kier alpha value is -1.10. The van der Waals surface area contributed by atoms with Crippen molar-refractivity contribution in [3.05, 3.63) is 0 Å². The van der Waals surface area contributed by atoms with Crippen LogP contribution in [0.1, 0.15) is 33.6 Å². The Morgan fingerprint density at radius 3 is 2.44 bits per heavy atom. The van der Waals surface area contributed by atoms with Gasteiger partial charge in [0, 0.05) is 14.1 Å². The third-order valence-electron chi connectivity index (χ3n) is 2.84. The summed E-state index contributed by atoms with van der Waals surface area (Å²) in [5.41, 5.74) is -0.474. The van der Waals surface area contributed by atoms with Gasteiger partial charge in [-0.2, -0.15) is 0 Å². The summed E-state index contributed by atoms with van der Waals surface area (Å²) < 4.78 is 5.28. The molecule has 1 rings (SSSR count). The molecule has 0 aromatic carbocycles. The first kappa shape index (κ1) is 15.0. The lowest BCUT2D eigenvalue weighted by Gasteiger charge is -2.27. The fourth-order valence-electron chi connectivity index (χ4n) is 2.13. The van der Waals surface area contributed by atoms with Crippen LogP contribution in [-0.4, -0.2) is 60.5 Å². The molecule has 0 radical (unpaired) electrons. The molecule has 5 nitrogen and oxygen atoms in total. The second-order valence-electron chi connectivity index (χ2n) is 5.95. The third-order valence-corrected chi connectivity index (χ3v) is 2.84. The molecular formula is C13H24N2O3. The summed E-state index contributed by atoms with van der Waals surface area (Å²) in [6.45, 7) is 6.51. The molecule has 1 unspecified atom stereocenters. The number of carbonyl (C=O) groups excluding carboxylic acids is 2. The van der Waals surface area contributed by atoms with E-state index in [-0.39, 0.29) is 24.5 Å². The number of nitrogens with zero attached hydrogens (tertiary/aromatic N) is 2. The van der Waals surface area contributed by atoms with Crippen molar-refractivity contribution in [2.24, 2.45) is 0 Å². The second kappa shape index (κ2) is 5.69. The van der Waals surface area contributed by atoms with E-state index in [9.17, 15) is 9.59 Å². The largest absolute Gasteiger partial charge is 0.459 e. The number of hydrogen-bond donors (Lipinski definition) is 0. The summed E-state index contributed by atoms with van der Waals surface area (Å²) in [5, 5.41) is 0. The highest BCUT2D eigenvalue weighted by atomic mass is 16.6. The predicted molar refractivity (Wildman–Crippen MR) is 69.1 cm³/mol. The van der Waals surface area contributed by atoms with Gasteiger partial charge in [-0.25, -0.2) is 0 Å². The molecule has 1 atom stereocenters. The Labute approximate surface area is 109 Å². The lowest BCUT2D eigenvalue weighted by Crippen LogP contribution is -2.45. The van der Waals surface area contributed by atoms with Gasteiger partial charge in [0.05, 0.1) is 12.6 Å². The summed E-state index contributed by atoms with van der Waals surface area (Å²) in [6.07, 6.45) is 1.77. The van der Waals surface area contributed by atoms with Gasteiger partial charge in [-0.15, -0.1) is 0 Å². The van der Waals surface area contributed by atoms with Gasteiger partial charge in [0.15, 0.2) is 0 Å². The van der Waals surface area contributed by atoms with Crippen molar-refractivity contribution in [2.75, 3.05) is 27.2 Å². The van der Waals surface area contributed by atoms with Crippen LogP contribution in [0, 0.1) is 0 Å². The number of likely N-dealkylation sites (tertiary alicyclic amines) is 1. The quantitative estimate of drug-likeness (QED) is 0.703. The minimum Gasteiger partial charge on any atom is -0.459 e. The van der Waals surface area contributed by atoms with E-state index < -0.39 is 5.60 Å². The minimum absolute atomic E-state index is 0.0658. The number of rotatable bonds is 3. The average Bonchev–Trinajstić information content (AvgIpc) is 2.61.